The number of carbonyl (C=O) groups excluding carboxylic acids is 1. The molecule has 1 aromatic carbocycles. The second kappa shape index (κ2) is 4.85. The molecule has 2 aromatic rings. The summed E-state index contributed by atoms with van der Waals surface area (Å²) in [4.78, 5) is 16.2. The van der Waals surface area contributed by atoms with Crippen molar-refractivity contribution in [3.8, 4) is 6.07 Å². The lowest BCUT2D eigenvalue weighted by Crippen LogP contribution is -2.42. The van der Waals surface area contributed by atoms with Crippen LogP contribution in [0.3, 0.4) is 0 Å². The van der Waals surface area contributed by atoms with Gasteiger partial charge in [-0.2, -0.15) is 5.26 Å². The summed E-state index contributed by atoms with van der Waals surface area (Å²) in [5.41, 5.74) is 7.41. The average molecular weight is 271 g/mol. The maximum absolute atomic E-state index is 12.0. The van der Waals surface area contributed by atoms with E-state index in [0.29, 0.717) is 16.6 Å². The van der Waals surface area contributed by atoms with E-state index in [0.717, 1.165) is 0 Å². The van der Waals surface area contributed by atoms with E-state index in [-0.39, 0.29) is 23.9 Å². The molecular formula is C14H17N5O. The van der Waals surface area contributed by atoms with Crippen LogP contribution in [0.15, 0.2) is 18.2 Å². The van der Waals surface area contributed by atoms with Crippen molar-refractivity contribution in [2.24, 2.45) is 0 Å². The van der Waals surface area contributed by atoms with E-state index in [9.17, 15) is 4.79 Å². The molecule has 0 radical (unpaired) electrons. The Labute approximate surface area is 117 Å². The van der Waals surface area contributed by atoms with Crippen LogP contribution in [0, 0.1) is 11.3 Å². The van der Waals surface area contributed by atoms with Crippen LogP contribution in [-0.2, 0) is 11.3 Å². The van der Waals surface area contributed by atoms with Gasteiger partial charge in [-0.1, -0.05) is 0 Å². The number of aromatic nitrogens is 2. The molecule has 0 aliphatic rings. The van der Waals surface area contributed by atoms with Crippen molar-refractivity contribution in [3.05, 3.63) is 23.8 Å². The summed E-state index contributed by atoms with van der Waals surface area (Å²) in [7, 11) is 0. The van der Waals surface area contributed by atoms with Gasteiger partial charge in [0, 0.05) is 5.54 Å². The maximum atomic E-state index is 12.0. The van der Waals surface area contributed by atoms with E-state index < -0.39 is 0 Å². The lowest BCUT2D eigenvalue weighted by atomic mass is 10.1. The van der Waals surface area contributed by atoms with Gasteiger partial charge in [-0.3, -0.25) is 4.79 Å². The zero-order valence-electron chi connectivity index (χ0n) is 11.8. The number of nitrogens with one attached hydrogen (secondary N) is 1. The molecule has 6 heteroatoms. The third kappa shape index (κ3) is 2.88. The lowest BCUT2D eigenvalue weighted by molar-refractivity contribution is -0.122. The van der Waals surface area contributed by atoms with Gasteiger partial charge in [0.1, 0.15) is 6.54 Å². The first kappa shape index (κ1) is 13.9. The molecule has 0 fully saturated rings. The van der Waals surface area contributed by atoms with Gasteiger partial charge in [0.2, 0.25) is 11.9 Å². The van der Waals surface area contributed by atoms with Gasteiger partial charge in [-0.05, 0) is 39.0 Å². The van der Waals surface area contributed by atoms with Gasteiger partial charge >= 0.3 is 0 Å². The van der Waals surface area contributed by atoms with Crippen LogP contribution in [0.5, 0.6) is 0 Å². The first-order valence-electron chi connectivity index (χ1n) is 6.27. The zero-order valence-corrected chi connectivity index (χ0v) is 11.8. The molecule has 0 saturated heterocycles. The molecule has 0 aliphatic heterocycles. The number of nitriles is 1. The smallest absolute Gasteiger partial charge is 0.240 e. The summed E-state index contributed by atoms with van der Waals surface area (Å²) in [5, 5.41) is 11.8. The number of benzene rings is 1. The molecule has 0 atom stereocenters. The highest BCUT2D eigenvalue weighted by Gasteiger charge is 2.17. The number of hydrogen-bond acceptors (Lipinski definition) is 4. The summed E-state index contributed by atoms with van der Waals surface area (Å²) in [6.45, 7) is 5.81. The second-order valence-electron chi connectivity index (χ2n) is 5.67. The summed E-state index contributed by atoms with van der Waals surface area (Å²) >= 11 is 0. The van der Waals surface area contributed by atoms with Crippen molar-refractivity contribution >= 4 is 22.9 Å². The van der Waals surface area contributed by atoms with Gasteiger partial charge < -0.3 is 15.6 Å². The Bertz CT molecular complexity index is 703. The largest absolute Gasteiger partial charge is 0.369 e. The fraction of sp³-hybridized carbons (Fsp3) is 0.357. The number of carbonyl (C=O) groups is 1. The number of rotatable bonds is 2. The van der Waals surface area contributed by atoms with Crippen molar-refractivity contribution in [2.75, 3.05) is 5.73 Å². The van der Waals surface area contributed by atoms with E-state index in [2.05, 4.69) is 16.4 Å². The first-order valence-corrected chi connectivity index (χ1v) is 6.27. The SMILES string of the molecule is CC(C)(C)NC(=O)Cn1c(N)nc2ccc(C#N)cc21. The van der Waals surface area contributed by atoms with Gasteiger partial charge in [-0.15, -0.1) is 0 Å². The number of nitrogen functional groups attached to an aromatic ring is 1. The van der Waals surface area contributed by atoms with Crippen LogP contribution in [-0.4, -0.2) is 21.0 Å². The van der Waals surface area contributed by atoms with Crippen LogP contribution in [0.25, 0.3) is 11.0 Å². The minimum Gasteiger partial charge on any atom is -0.369 e. The third-order valence-corrected chi connectivity index (χ3v) is 2.72. The molecule has 0 saturated carbocycles. The van der Waals surface area contributed by atoms with E-state index >= 15 is 0 Å². The number of fused-ring (bicyclic) bond motifs is 1. The number of nitrogens with zero attached hydrogens (tertiary/aromatic N) is 3. The topological polar surface area (TPSA) is 96.7 Å². The number of anilines is 1. The van der Waals surface area contributed by atoms with Crippen molar-refractivity contribution in [1.82, 2.24) is 14.9 Å². The van der Waals surface area contributed by atoms with Crippen LogP contribution < -0.4 is 11.1 Å². The molecule has 3 N–H and O–H groups in total. The van der Waals surface area contributed by atoms with Crippen molar-refractivity contribution in [2.45, 2.75) is 32.9 Å². The monoisotopic (exact) mass is 271 g/mol. The van der Waals surface area contributed by atoms with Gasteiger partial charge in [0.25, 0.3) is 0 Å². The molecule has 20 heavy (non-hydrogen) atoms. The molecule has 104 valence electrons. The van der Waals surface area contributed by atoms with Crippen LogP contribution in [0.1, 0.15) is 26.3 Å². The lowest BCUT2D eigenvalue weighted by Gasteiger charge is -2.20. The first-order chi connectivity index (χ1) is 9.30. The predicted molar refractivity (Wildman–Crippen MR) is 76.8 cm³/mol. The molecule has 1 aromatic heterocycles. The Balaban J connectivity index is 2.36. The van der Waals surface area contributed by atoms with Crippen LogP contribution in [0.4, 0.5) is 5.95 Å². The van der Waals surface area contributed by atoms with Crippen molar-refractivity contribution in [1.29, 1.82) is 5.26 Å². The summed E-state index contributed by atoms with van der Waals surface area (Å²) in [5.74, 6) is 0.116. The van der Waals surface area contributed by atoms with Crippen molar-refractivity contribution in [3.63, 3.8) is 0 Å². The van der Waals surface area contributed by atoms with Crippen molar-refractivity contribution < 1.29 is 4.79 Å². The average Bonchev–Trinajstić information content (AvgIpc) is 2.63. The molecule has 0 spiro atoms. The highest BCUT2D eigenvalue weighted by molar-refractivity contribution is 5.83. The quantitative estimate of drug-likeness (QED) is 0.862. The minimum absolute atomic E-state index is 0.0779. The number of imidazole rings is 1. The third-order valence-electron chi connectivity index (χ3n) is 2.72. The van der Waals surface area contributed by atoms with Crippen LogP contribution in [0.2, 0.25) is 0 Å². The minimum atomic E-state index is -0.306. The molecular weight excluding hydrogens is 254 g/mol. The highest BCUT2D eigenvalue weighted by atomic mass is 16.2. The van der Waals surface area contributed by atoms with Gasteiger partial charge in [0.05, 0.1) is 22.7 Å². The van der Waals surface area contributed by atoms with E-state index in [1.54, 1.807) is 22.8 Å². The normalized spacial score (nSPS) is 11.3. The molecule has 1 amide bonds. The molecule has 6 nitrogen and oxygen atoms in total. The Hall–Kier alpha value is -2.55. The summed E-state index contributed by atoms with van der Waals surface area (Å²) < 4.78 is 1.61. The predicted octanol–water partition coefficient (Wildman–Crippen LogP) is 1.40. The zero-order chi connectivity index (χ0) is 14.9. The maximum Gasteiger partial charge on any atom is 0.240 e. The standard InChI is InChI=1S/C14H17N5O/c1-14(2,3)18-12(20)8-19-11-6-9(7-15)4-5-10(11)17-13(19)16/h4-6H,8H2,1-3H3,(H2,16,17)(H,18,20). The van der Waals surface area contributed by atoms with E-state index in [1.165, 1.54) is 0 Å². The Morgan fingerprint density at radius 3 is 2.80 bits per heavy atom. The molecule has 2 rings (SSSR count). The van der Waals surface area contributed by atoms with E-state index in [1.807, 2.05) is 20.8 Å². The molecule has 0 aliphatic carbocycles. The Kier molecular flexibility index (Phi) is 3.36. The Morgan fingerprint density at radius 2 is 2.20 bits per heavy atom. The molecule has 1 heterocycles. The highest BCUT2D eigenvalue weighted by Crippen LogP contribution is 2.19. The number of hydrogen-bond donors (Lipinski definition) is 2. The molecule has 0 bridgehead atoms. The van der Waals surface area contributed by atoms with E-state index in [4.69, 9.17) is 11.0 Å². The second-order valence-corrected chi connectivity index (χ2v) is 5.67. The van der Waals surface area contributed by atoms with Gasteiger partial charge in [-0.25, -0.2) is 4.98 Å². The Morgan fingerprint density at radius 1 is 1.50 bits per heavy atom. The summed E-state index contributed by atoms with van der Waals surface area (Å²) in [6, 6.07) is 7.15. The fourth-order valence-corrected chi connectivity index (χ4v) is 1.98. The number of nitrogens with two attached hydrogens (primary N) is 1. The van der Waals surface area contributed by atoms with Gasteiger partial charge in [0.15, 0.2) is 0 Å². The molecule has 0 unspecified atom stereocenters. The summed E-state index contributed by atoms with van der Waals surface area (Å²) in [6.07, 6.45) is 0. The van der Waals surface area contributed by atoms with Crippen LogP contribution >= 0.6 is 0 Å². The fourth-order valence-electron chi connectivity index (χ4n) is 1.98. The number of amides is 1.